The fourth-order valence-corrected chi connectivity index (χ4v) is 4.48. The first-order chi connectivity index (χ1) is 9.89. The molecule has 0 spiro atoms. The van der Waals surface area contributed by atoms with Gasteiger partial charge in [0.2, 0.25) is 15.9 Å². The van der Waals surface area contributed by atoms with E-state index in [4.69, 9.17) is 5.73 Å². The van der Waals surface area contributed by atoms with Crippen LogP contribution >= 0.6 is 0 Å². The van der Waals surface area contributed by atoms with Crippen molar-refractivity contribution in [2.45, 2.75) is 30.7 Å². The predicted molar refractivity (Wildman–Crippen MR) is 79.5 cm³/mol. The molecule has 2 N–H and O–H groups in total. The number of aryl methyl sites for hydroxylation is 1. The summed E-state index contributed by atoms with van der Waals surface area (Å²) in [6.07, 6.45) is 1.65. The lowest BCUT2D eigenvalue weighted by molar-refractivity contribution is -0.116. The number of hydrogen-bond donors (Lipinski definition) is 1. The van der Waals surface area contributed by atoms with E-state index in [1.54, 1.807) is 23.1 Å². The first-order valence-corrected chi connectivity index (χ1v) is 8.50. The molecule has 6 nitrogen and oxygen atoms in total. The Hall–Kier alpha value is -1.44. The summed E-state index contributed by atoms with van der Waals surface area (Å²) in [7, 11) is -3.46. The van der Waals surface area contributed by atoms with Crippen LogP contribution in [0.4, 0.5) is 5.69 Å². The topological polar surface area (TPSA) is 83.7 Å². The van der Waals surface area contributed by atoms with E-state index in [0.29, 0.717) is 24.5 Å². The second-order valence-corrected chi connectivity index (χ2v) is 7.58. The Morgan fingerprint density at radius 1 is 1.33 bits per heavy atom. The molecule has 2 aliphatic heterocycles. The summed E-state index contributed by atoms with van der Waals surface area (Å²) in [5, 5.41) is 0. The summed E-state index contributed by atoms with van der Waals surface area (Å²) < 4.78 is 26.3. The molecule has 1 fully saturated rings. The molecule has 0 aromatic heterocycles. The first kappa shape index (κ1) is 14.5. The molecule has 1 aromatic rings. The van der Waals surface area contributed by atoms with Crippen LogP contribution in [-0.4, -0.2) is 44.3 Å². The van der Waals surface area contributed by atoms with E-state index in [0.717, 1.165) is 24.1 Å². The van der Waals surface area contributed by atoms with Crippen molar-refractivity contribution >= 4 is 21.6 Å². The number of anilines is 1. The quantitative estimate of drug-likeness (QED) is 0.852. The van der Waals surface area contributed by atoms with E-state index >= 15 is 0 Å². The van der Waals surface area contributed by atoms with Gasteiger partial charge in [-0.15, -0.1) is 0 Å². The summed E-state index contributed by atoms with van der Waals surface area (Å²) in [5.41, 5.74) is 7.40. The standard InChI is InChI=1S/C14H19N3O3S/c1-10(18)17-6-2-3-11-7-13(4-5-14(11)17)21(19,20)16-8-12(15)9-16/h4-5,7,12H,2-3,6,8-9,15H2,1H3. The zero-order valence-electron chi connectivity index (χ0n) is 11.9. The largest absolute Gasteiger partial charge is 0.325 e. The molecule has 1 amide bonds. The Kier molecular flexibility index (Phi) is 3.51. The highest BCUT2D eigenvalue weighted by molar-refractivity contribution is 7.89. The molecule has 2 aliphatic rings. The molecule has 1 aromatic carbocycles. The monoisotopic (exact) mass is 309 g/mol. The van der Waals surface area contributed by atoms with Crippen molar-refractivity contribution in [3.05, 3.63) is 23.8 Å². The van der Waals surface area contributed by atoms with E-state index in [9.17, 15) is 13.2 Å². The average molecular weight is 309 g/mol. The van der Waals surface area contributed by atoms with Crippen LogP contribution in [0.1, 0.15) is 18.9 Å². The predicted octanol–water partition coefficient (Wildman–Crippen LogP) is 0.317. The van der Waals surface area contributed by atoms with Gasteiger partial charge < -0.3 is 10.6 Å². The summed E-state index contributed by atoms with van der Waals surface area (Å²) in [6.45, 7) is 2.97. The first-order valence-electron chi connectivity index (χ1n) is 7.06. The normalized spacial score (nSPS) is 20.0. The molecule has 2 heterocycles. The van der Waals surface area contributed by atoms with Crippen LogP contribution in [0.25, 0.3) is 0 Å². The fraction of sp³-hybridized carbons (Fsp3) is 0.500. The highest BCUT2D eigenvalue weighted by Gasteiger charge is 2.35. The zero-order valence-corrected chi connectivity index (χ0v) is 12.8. The van der Waals surface area contributed by atoms with Crippen LogP contribution in [0.3, 0.4) is 0 Å². The van der Waals surface area contributed by atoms with E-state index in [1.807, 2.05) is 0 Å². The third-order valence-electron chi connectivity index (χ3n) is 4.06. The Morgan fingerprint density at radius 2 is 2.05 bits per heavy atom. The second kappa shape index (κ2) is 5.08. The zero-order chi connectivity index (χ0) is 15.2. The highest BCUT2D eigenvalue weighted by Crippen LogP contribution is 2.31. The maximum absolute atomic E-state index is 12.5. The molecule has 1 saturated heterocycles. The van der Waals surface area contributed by atoms with Crippen LogP contribution in [0, 0.1) is 0 Å². The minimum Gasteiger partial charge on any atom is -0.325 e. The number of carbonyl (C=O) groups excluding carboxylic acids is 1. The van der Waals surface area contributed by atoms with E-state index in [1.165, 1.54) is 11.2 Å². The third-order valence-corrected chi connectivity index (χ3v) is 5.89. The van der Waals surface area contributed by atoms with Crippen molar-refractivity contribution in [2.24, 2.45) is 5.73 Å². The lowest BCUT2D eigenvalue weighted by Crippen LogP contribution is -2.57. The number of sulfonamides is 1. The van der Waals surface area contributed by atoms with Gasteiger partial charge in [0, 0.05) is 38.3 Å². The summed E-state index contributed by atoms with van der Waals surface area (Å²) in [5.74, 6) is -0.0136. The number of fused-ring (bicyclic) bond motifs is 1. The van der Waals surface area contributed by atoms with Gasteiger partial charge in [0.25, 0.3) is 0 Å². The van der Waals surface area contributed by atoms with Crippen molar-refractivity contribution in [1.82, 2.24) is 4.31 Å². The van der Waals surface area contributed by atoms with E-state index < -0.39 is 10.0 Å². The molecule has 21 heavy (non-hydrogen) atoms. The minimum atomic E-state index is -3.46. The Labute approximate surface area is 124 Å². The van der Waals surface area contributed by atoms with E-state index in [2.05, 4.69) is 0 Å². The van der Waals surface area contributed by atoms with Gasteiger partial charge in [0.1, 0.15) is 0 Å². The molecule has 0 bridgehead atoms. The molecular weight excluding hydrogens is 290 g/mol. The van der Waals surface area contributed by atoms with Gasteiger partial charge in [0.05, 0.1) is 4.90 Å². The number of rotatable bonds is 2. The molecule has 0 atom stereocenters. The minimum absolute atomic E-state index is 0.0136. The fourth-order valence-electron chi connectivity index (χ4n) is 2.88. The van der Waals surface area contributed by atoms with Crippen LogP contribution in [-0.2, 0) is 21.2 Å². The van der Waals surface area contributed by atoms with Crippen LogP contribution in [0.5, 0.6) is 0 Å². The van der Waals surface area contributed by atoms with Crippen molar-refractivity contribution in [3.63, 3.8) is 0 Å². The van der Waals surface area contributed by atoms with Crippen LogP contribution in [0.15, 0.2) is 23.1 Å². The number of nitrogens with two attached hydrogens (primary N) is 1. The van der Waals surface area contributed by atoms with Crippen LogP contribution in [0.2, 0.25) is 0 Å². The van der Waals surface area contributed by atoms with E-state index in [-0.39, 0.29) is 11.9 Å². The molecule has 0 aliphatic carbocycles. The maximum Gasteiger partial charge on any atom is 0.243 e. The Morgan fingerprint density at radius 3 is 2.67 bits per heavy atom. The van der Waals surface area contributed by atoms with Gasteiger partial charge >= 0.3 is 0 Å². The maximum atomic E-state index is 12.5. The lowest BCUT2D eigenvalue weighted by atomic mass is 10.0. The molecule has 0 unspecified atom stereocenters. The molecule has 0 saturated carbocycles. The van der Waals surface area contributed by atoms with Crippen molar-refractivity contribution < 1.29 is 13.2 Å². The molecule has 114 valence electrons. The van der Waals surface area contributed by atoms with Crippen molar-refractivity contribution in [2.75, 3.05) is 24.5 Å². The number of carbonyl (C=O) groups is 1. The summed E-state index contributed by atoms with van der Waals surface area (Å²) >= 11 is 0. The number of hydrogen-bond acceptors (Lipinski definition) is 4. The van der Waals surface area contributed by atoms with Gasteiger partial charge in [-0.3, -0.25) is 4.79 Å². The van der Waals surface area contributed by atoms with Gasteiger partial charge in [-0.25, -0.2) is 8.42 Å². The molecule has 0 radical (unpaired) electrons. The Bertz CT molecular complexity index is 681. The smallest absolute Gasteiger partial charge is 0.243 e. The third kappa shape index (κ3) is 2.45. The van der Waals surface area contributed by atoms with Crippen molar-refractivity contribution in [1.29, 1.82) is 0 Å². The van der Waals surface area contributed by atoms with Crippen LogP contribution < -0.4 is 10.6 Å². The second-order valence-electron chi connectivity index (χ2n) is 5.65. The SMILES string of the molecule is CC(=O)N1CCCc2cc(S(=O)(=O)N3CC(N)C3)ccc21. The van der Waals surface area contributed by atoms with Crippen molar-refractivity contribution in [3.8, 4) is 0 Å². The number of nitrogens with zero attached hydrogens (tertiary/aromatic N) is 2. The molecule has 3 rings (SSSR count). The number of amides is 1. The Balaban J connectivity index is 1.95. The summed E-state index contributed by atoms with van der Waals surface area (Å²) in [4.78, 5) is 13.6. The lowest BCUT2D eigenvalue weighted by Gasteiger charge is -2.36. The average Bonchev–Trinajstić information content (AvgIpc) is 2.42. The van der Waals surface area contributed by atoms with Gasteiger partial charge in [0.15, 0.2) is 0 Å². The van der Waals surface area contributed by atoms with Gasteiger partial charge in [-0.2, -0.15) is 4.31 Å². The summed E-state index contributed by atoms with van der Waals surface area (Å²) in [6, 6.07) is 4.95. The molecular formula is C14H19N3O3S. The highest BCUT2D eigenvalue weighted by atomic mass is 32.2. The molecule has 7 heteroatoms. The van der Waals surface area contributed by atoms with Gasteiger partial charge in [-0.05, 0) is 36.6 Å². The number of benzene rings is 1. The van der Waals surface area contributed by atoms with Gasteiger partial charge in [-0.1, -0.05) is 0 Å².